The van der Waals surface area contributed by atoms with E-state index in [2.05, 4.69) is 6.92 Å². The summed E-state index contributed by atoms with van der Waals surface area (Å²) in [7, 11) is 0. The molecule has 0 saturated carbocycles. The van der Waals surface area contributed by atoms with Crippen molar-refractivity contribution in [3.8, 4) is 0 Å². The largest absolute Gasteiger partial charge is 0.466 e. The van der Waals surface area contributed by atoms with Crippen LogP contribution >= 0.6 is 11.8 Å². The van der Waals surface area contributed by atoms with E-state index in [0.29, 0.717) is 13.2 Å². The van der Waals surface area contributed by atoms with Crippen LogP contribution in [0.2, 0.25) is 0 Å². The molecule has 1 rings (SSSR count). The Labute approximate surface area is 144 Å². The van der Waals surface area contributed by atoms with Crippen molar-refractivity contribution in [1.29, 1.82) is 0 Å². The van der Waals surface area contributed by atoms with Crippen molar-refractivity contribution in [2.75, 3.05) is 18.9 Å². The average molecular weight is 345 g/mol. The van der Waals surface area contributed by atoms with Gasteiger partial charge >= 0.3 is 12.0 Å². The molecule has 1 fully saturated rings. The first-order valence-corrected chi connectivity index (χ1v) is 9.91. The molecule has 1 aliphatic heterocycles. The number of ether oxygens (including phenoxy) is 1. The van der Waals surface area contributed by atoms with E-state index in [9.17, 15) is 9.59 Å². The van der Waals surface area contributed by atoms with Gasteiger partial charge in [-0.15, -0.1) is 11.8 Å². The molecule has 0 aromatic rings. The number of rotatable bonds is 11. The van der Waals surface area contributed by atoms with E-state index in [1.807, 2.05) is 0 Å². The second-order valence-corrected chi connectivity index (χ2v) is 7.59. The zero-order chi connectivity index (χ0) is 17.1. The number of nitrogens with zero attached hydrogens (tertiary/aromatic N) is 1. The topological polar surface area (TPSA) is 72.6 Å². The highest BCUT2D eigenvalue weighted by Crippen LogP contribution is 2.43. The van der Waals surface area contributed by atoms with Gasteiger partial charge in [0.25, 0.3) is 0 Å². The summed E-state index contributed by atoms with van der Waals surface area (Å²) >= 11 is 1.68. The summed E-state index contributed by atoms with van der Waals surface area (Å²) < 4.78 is 5.10. The first kappa shape index (κ1) is 20.1. The molecule has 134 valence electrons. The van der Waals surface area contributed by atoms with Gasteiger partial charge in [-0.2, -0.15) is 0 Å². The van der Waals surface area contributed by atoms with Gasteiger partial charge in [0.15, 0.2) is 0 Å². The SMILES string of the molecule is CCCCCCCCC[C@]1(CC(=O)OCC)SCCN1C(N)=O. The Morgan fingerprint density at radius 1 is 1.13 bits per heavy atom. The standard InChI is InChI=1S/C17H32N2O3S/c1-3-5-6-7-8-9-10-11-17(14-15(20)22-4-2)19(16(18)21)12-13-23-17/h3-14H2,1-2H3,(H2,18,21)/t17-/m1/s1. The molecule has 5 nitrogen and oxygen atoms in total. The molecular weight excluding hydrogens is 312 g/mol. The van der Waals surface area contributed by atoms with Crippen LogP contribution in [-0.2, 0) is 9.53 Å². The minimum absolute atomic E-state index is 0.240. The minimum Gasteiger partial charge on any atom is -0.466 e. The third kappa shape index (κ3) is 6.61. The van der Waals surface area contributed by atoms with Crippen molar-refractivity contribution in [3.05, 3.63) is 0 Å². The van der Waals surface area contributed by atoms with Gasteiger partial charge in [-0.1, -0.05) is 51.9 Å². The van der Waals surface area contributed by atoms with Gasteiger partial charge in [0.2, 0.25) is 0 Å². The summed E-state index contributed by atoms with van der Waals surface area (Å²) in [5.41, 5.74) is 5.53. The number of carbonyl (C=O) groups is 2. The van der Waals surface area contributed by atoms with Crippen molar-refractivity contribution in [2.24, 2.45) is 5.73 Å². The molecule has 0 spiro atoms. The molecule has 1 saturated heterocycles. The summed E-state index contributed by atoms with van der Waals surface area (Å²) in [5.74, 6) is 0.592. The lowest BCUT2D eigenvalue weighted by Gasteiger charge is -2.36. The lowest BCUT2D eigenvalue weighted by atomic mass is 10.0. The Balaban J connectivity index is 2.51. The van der Waals surface area contributed by atoms with Gasteiger partial charge in [0.1, 0.15) is 4.87 Å². The van der Waals surface area contributed by atoms with Crippen LogP contribution in [0.5, 0.6) is 0 Å². The maximum atomic E-state index is 12.0. The molecule has 0 aromatic heterocycles. The van der Waals surface area contributed by atoms with Crippen LogP contribution in [0.15, 0.2) is 0 Å². The second-order valence-electron chi connectivity index (χ2n) is 6.14. The number of hydrogen-bond acceptors (Lipinski definition) is 4. The summed E-state index contributed by atoms with van der Waals surface area (Å²) in [5, 5.41) is 0. The monoisotopic (exact) mass is 344 g/mol. The Kier molecular flexibility index (Phi) is 9.44. The number of amides is 2. The summed E-state index contributed by atoms with van der Waals surface area (Å²) in [4.78, 5) is 24.9. The smallest absolute Gasteiger partial charge is 0.315 e. The van der Waals surface area contributed by atoms with Crippen molar-refractivity contribution < 1.29 is 14.3 Å². The number of carbonyl (C=O) groups excluding carboxylic acids is 2. The normalized spacial score (nSPS) is 20.7. The highest BCUT2D eigenvalue weighted by atomic mass is 32.2. The lowest BCUT2D eigenvalue weighted by molar-refractivity contribution is -0.144. The van der Waals surface area contributed by atoms with Crippen LogP contribution < -0.4 is 5.73 Å². The fraction of sp³-hybridized carbons (Fsp3) is 0.882. The van der Waals surface area contributed by atoms with Gasteiger partial charge in [0.05, 0.1) is 13.0 Å². The van der Waals surface area contributed by atoms with Crippen LogP contribution in [0.1, 0.15) is 71.6 Å². The predicted molar refractivity (Wildman–Crippen MR) is 95.3 cm³/mol. The zero-order valence-corrected chi connectivity index (χ0v) is 15.5. The predicted octanol–water partition coefficient (Wildman–Crippen LogP) is 3.90. The molecule has 0 aliphatic carbocycles. The van der Waals surface area contributed by atoms with E-state index in [-0.39, 0.29) is 12.4 Å². The molecule has 23 heavy (non-hydrogen) atoms. The quantitative estimate of drug-likeness (QED) is 0.456. The molecule has 2 N–H and O–H groups in total. The molecule has 2 amide bonds. The maximum absolute atomic E-state index is 12.0. The van der Waals surface area contributed by atoms with E-state index in [1.165, 1.54) is 32.1 Å². The minimum atomic E-state index is -0.499. The first-order valence-electron chi connectivity index (χ1n) is 8.92. The third-order valence-electron chi connectivity index (χ3n) is 4.34. The fourth-order valence-corrected chi connectivity index (χ4v) is 4.66. The van der Waals surface area contributed by atoms with Crippen LogP contribution in [0.25, 0.3) is 0 Å². The molecule has 6 heteroatoms. The number of unbranched alkanes of at least 4 members (excludes halogenated alkanes) is 6. The van der Waals surface area contributed by atoms with Crippen molar-refractivity contribution >= 4 is 23.8 Å². The highest BCUT2D eigenvalue weighted by Gasteiger charge is 2.45. The third-order valence-corrected chi connectivity index (χ3v) is 5.83. The van der Waals surface area contributed by atoms with Gasteiger partial charge in [0, 0.05) is 12.3 Å². The molecule has 1 atom stereocenters. The van der Waals surface area contributed by atoms with Crippen molar-refractivity contribution in [3.63, 3.8) is 0 Å². The number of thioether (sulfide) groups is 1. The van der Waals surface area contributed by atoms with Crippen molar-refractivity contribution in [2.45, 2.75) is 76.5 Å². The summed E-state index contributed by atoms with van der Waals surface area (Å²) in [6, 6.07) is -0.428. The number of urea groups is 1. The van der Waals surface area contributed by atoms with E-state index in [1.54, 1.807) is 23.6 Å². The maximum Gasteiger partial charge on any atom is 0.315 e. The van der Waals surface area contributed by atoms with Crippen LogP contribution in [-0.4, -0.2) is 40.7 Å². The molecule has 1 aliphatic rings. The van der Waals surface area contributed by atoms with E-state index < -0.39 is 10.9 Å². The number of primary amides is 1. The van der Waals surface area contributed by atoms with Crippen LogP contribution in [0.4, 0.5) is 4.79 Å². The molecular formula is C17H32N2O3S. The fourth-order valence-electron chi connectivity index (χ4n) is 3.16. The second kappa shape index (κ2) is 10.8. The van der Waals surface area contributed by atoms with Crippen molar-refractivity contribution in [1.82, 2.24) is 4.90 Å². The molecule has 0 unspecified atom stereocenters. The van der Waals surface area contributed by atoms with Crippen LogP contribution in [0.3, 0.4) is 0 Å². The Morgan fingerprint density at radius 2 is 1.78 bits per heavy atom. The van der Waals surface area contributed by atoms with E-state index in [4.69, 9.17) is 10.5 Å². The highest BCUT2D eigenvalue weighted by molar-refractivity contribution is 8.00. The van der Waals surface area contributed by atoms with Gasteiger partial charge < -0.3 is 15.4 Å². The average Bonchev–Trinajstić information content (AvgIpc) is 2.90. The molecule has 0 aromatic carbocycles. The molecule has 1 heterocycles. The summed E-state index contributed by atoms with van der Waals surface area (Å²) in [6.07, 6.45) is 9.56. The van der Waals surface area contributed by atoms with Gasteiger partial charge in [-0.3, -0.25) is 4.79 Å². The Bertz CT molecular complexity index is 379. The molecule has 0 radical (unpaired) electrons. The number of nitrogens with two attached hydrogens (primary N) is 1. The first-order chi connectivity index (χ1) is 11.1. The number of esters is 1. The Morgan fingerprint density at radius 3 is 2.39 bits per heavy atom. The van der Waals surface area contributed by atoms with Crippen LogP contribution in [0, 0.1) is 0 Å². The van der Waals surface area contributed by atoms with E-state index >= 15 is 0 Å². The Hall–Kier alpha value is -0.910. The zero-order valence-electron chi connectivity index (χ0n) is 14.6. The van der Waals surface area contributed by atoms with Gasteiger partial charge in [-0.05, 0) is 13.3 Å². The lowest BCUT2D eigenvalue weighted by Crippen LogP contribution is -2.49. The number of hydrogen-bond donors (Lipinski definition) is 1. The molecule has 0 bridgehead atoms. The van der Waals surface area contributed by atoms with Gasteiger partial charge in [-0.25, -0.2) is 4.79 Å². The van der Waals surface area contributed by atoms with E-state index in [0.717, 1.165) is 25.0 Å². The summed E-state index contributed by atoms with van der Waals surface area (Å²) in [6.45, 7) is 5.01.